The van der Waals surface area contributed by atoms with E-state index in [-0.39, 0.29) is 22.5 Å². The highest BCUT2D eigenvalue weighted by molar-refractivity contribution is 7.89. The van der Waals surface area contributed by atoms with Crippen LogP contribution in [0.5, 0.6) is 0 Å². The lowest BCUT2D eigenvalue weighted by atomic mass is 10.1. The fraction of sp³-hybridized carbons (Fsp3) is 0.500. The monoisotopic (exact) mass is 286 g/mol. The van der Waals surface area contributed by atoms with Gasteiger partial charge >= 0.3 is 0 Å². The molecule has 0 aliphatic carbocycles. The number of nitro groups is 1. The van der Waals surface area contributed by atoms with E-state index >= 15 is 0 Å². The second kappa shape index (κ2) is 5.66. The van der Waals surface area contributed by atoms with Gasteiger partial charge in [-0.25, -0.2) is 13.1 Å². The zero-order valence-electron chi connectivity index (χ0n) is 11.4. The average Bonchev–Trinajstić information content (AvgIpc) is 2.28. The zero-order valence-corrected chi connectivity index (χ0v) is 12.2. The minimum Gasteiger partial charge on any atom is -0.258 e. The molecular formula is C12H18N2O4S. The number of benzene rings is 1. The van der Waals surface area contributed by atoms with E-state index in [0.29, 0.717) is 5.56 Å². The van der Waals surface area contributed by atoms with Crippen LogP contribution in [-0.2, 0) is 10.0 Å². The van der Waals surface area contributed by atoms with Gasteiger partial charge in [0.2, 0.25) is 10.0 Å². The second-order valence-electron chi connectivity index (χ2n) is 4.86. The fourth-order valence-corrected chi connectivity index (χ4v) is 3.09. The molecule has 7 heteroatoms. The Hall–Kier alpha value is -1.47. The number of aryl methyl sites for hydroxylation is 1. The summed E-state index contributed by atoms with van der Waals surface area (Å²) < 4.78 is 26.9. The summed E-state index contributed by atoms with van der Waals surface area (Å²) in [4.78, 5) is 10.1. The van der Waals surface area contributed by atoms with Crippen molar-refractivity contribution >= 4 is 15.7 Å². The SMILES string of the molecule is Cc1ccc([N+](=O)[O-])cc1S(=O)(=O)N[C@@H](C)C(C)C. The Kier molecular flexibility index (Phi) is 4.65. The third-order valence-corrected chi connectivity index (χ3v) is 4.71. The Labute approximate surface area is 113 Å². The van der Waals surface area contributed by atoms with Gasteiger partial charge in [0.25, 0.3) is 5.69 Å². The van der Waals surface area contributed by atoms with Crippen molar-refractivity contribution in [2.75, 3.05) is 0 Å². The summed E-state index contributed by atoms with van der Waals surface area (Å²) in [5.74, 6) is 0.133. The van der Waals surface area contributed by atoms with Crippen LogP contribution >= 0.6 is 0 Å². The quantitative estimate of drug-likeness (QED) is 0.664. The number of nitrogens with zero attached hydrogens (tertiary/aromatic N) is 1. The highest BCUT2D eigenvalue weighted by atomic mass is 32.2. The van der Waals surface area contributed by atoms with Gasteiger partial charge in [-0.3, -0.25) is 10.1 Å². The Morgan fingerprint density at radius 1 is 1.26 bits per heavy atom. The number of hydrogen-bond donors (Lipinski definition) is 1. The minimum atomic E-state index is -3.75. The summed E-state index contributed by atoms with van der Waals surface area (Å²) >= 11 is 0. The predicted octanol–water partition coefficient (Wildman–Crippen LogP) is 2.23. The predicted molar refractivity (Wildman–Crippen MR) is 72.5 cm³/mol. The number of nitro benzene ring substituents is 1. The molecule has 0 aliphatic rings. The van der Waals surface area contributed by atoms with Gasteiger partial charge in [0, 0.05) is 18.2 Å². The zero-order chi connectivity index (χ0) is 14.8. The molecular weight excluding hydrogens is 268 g/mol. The summed E-state index contributed by atoms with van der Waals surface area (Å²) in [5, 5.41) is 10.7. The molecule has 19 heavy (non-hydrogen) atoms. The topological polar surface area (TPSA) is 89.3 Å². The molecule has 1 aromatic carbocycles. The molecule has 0 fully saturated rings. The van der Waals surface area contributed by atoms with Crippen LogP contribution in [0.4, 0.5) is 5.69 Å². The maximum absolute atomic E-state index is 12.2. The molecule has 1 aromatic rings. The van der Waals surface area contributed by atoms with E-state index in [9.17, 15) is 18.5 Å². The molecule has 0 unspecified atom stereocenters. The number of rotatable bonds is 5. The van der Waals surface area contributed by atoms with Gasteiger partial charge in [-0.15, -0.1) is 0 Å². The molecule has 6 nitrogen and oxygen atoms in total. The van der Waals surface area contributed by atoms with Crippen LogP contribution < -0.4 is 4.72 Å². The summed E-state index contributed by atoms with van der Waals surface area (Å²) in [6, 6.07) is 3.57. The molecule has 0 heterocycles. The number of sulfonamides is 1. The maximum atomic E-state index is 12.2. The molecule has 0 saturated carbocycles. The summed E-state index contributed by atoms with van der Waals surface area (Å²) in [6.07, 6.45) is 0. The van der Waals surface area contributed by atoms with Gasteiger partial charge < -0.3 is 0 Å². The van der Waals surface area contributed by atoms with E-state index < -0.39 is 14.9 Å². The first-order valence-corrected chi connectivity index (χ1v) is 7.41. The van der Waals surface area contributed by atoms with Gasteiger partial charge in [-0.1, -0.05) is 19.9 Å². The van der Waals surface area contributed by atoms with Crippen molar-refractivity contribution in [2.45, 2.75) is 38.6 Å². The van der Waals surface area contributed by atoms with Crippen molar-refractivity contribution in [2.24, 2.45) is 5.92 Å². The smallest absolute Gasteiger partial charge is 0.258 e. The van der Waals surface area contributed by atoms with Crippen molar-refractivity contribution in [1.29, 1.82) is 0 Å². The van der Waals surface area contributed by atoms with E-state index in [2.05, 4.69) is 4.72 Å². The van der Waals surface area contributed by atoms with E-state index in [1.54, 1.807) is 13.8 Å². The second-order valence-corrected chi connectivity index (χ2v) is 6.54. The first-order valence-electron chi connectivity index (χ1n) is 5.92. The van der Waals surface area contributed by atoms with Crippen LogP contribution in [0.3, 0.4) is 0 Å². The molecule has 0 aromatic heterocycles. The molecule has 0 radical (unpaired) electrons. The van der Waals surface area contributed by atoms with Crippen molar-refractivity contribution in [3.63, 3.8) is 0 Å². The fourth-order valence-electron chi connectivity index (χ4n) is 1.44. The standard InChI is InChI=1S/C12H18N2O4S/c1-8(2)10(4)13-19(17,18)12-7-11(14(15)16)6-5-9(12)3/h5-8,10,13H,1-4H3/t10-/m0/s1. The molecule has 0 bridgehead atoms. The average molecular weight is 286 g/mol. The van der Waals surface area contributed by atoms with Gasteiger partial charge in [-0.05, 0) is 25.3 Å². The van der Waals surface area contributed by atoms with Gasteiger partial charge in [0.05, 0.1) is 9.82 Å². The molecule has 106 valence electrons. The Morgan fingerprint density at radius 2 is 1.84 bits per heavy atom. The van der Waals surface area contributed by atoms with Crippen LogP contribution in [0, 0.1) is 23.0 Å². The normalized spacial score (nSPS) is 13.5. The molecule has 1 N–H and O–H groups in total. The van der Waals surface area contributed by atoms with Crippen LogP contribution in [-0.4, -0.2) is 19.4 Å². The van der Waals surface area contributed by atoms with Gasteiger partial charge in [-0.2, -0.15) is 0 Å². The minimum absolute atomic E-state index is 0.0470. The van der Waals surface area contributed by atoms with E-state index in [0.717, 1.165) is 6.07 Å². The number of non-ortho nitro benzene ring substituents is 1. The summed E-state index contributed by atoms with van der Waals surface area (Å²) in [6.45, 7) is 7.16. The number of nitrogens with one attached hydrogen (secondary N) is 1. The lowest BCUT2D eigenvalue weighted by molar-refractivity contribution is -0.385. The van der Waals surface area contributed by atoms with Gasteiger partial charge in [0.1, 0.15) is 0 Å². The molecule has 1 atom stereocenters. The van der Waals surface area contributed by atoms with Crippen LogP contribution in [0.2, 0.25) is 0 Å². The van der Waals surface area contributed by atoms with Gasteiger partial charge in [0.15, 0.2) is 0 Å². The first kappa shape index (κ1) is 15.6. The lowest BCUT2D eigenvalue weighted by Crippen LogP contribution is -2.36. The van der Waals surface area contributed by atoms with Crippen molar-refractivity contribution < 1.29 is 13.3 Å². The Morgan fingerprint density at radius 3 is 2.32 bits per heavy atom. The third kappa shape index (κ3) is 3.74. The van der Waals surface area contributed by atoms with Crippen molar-refractivity contribution in [3.05, 3.63) is 33.9 Å². The molecule has 0 aliphatic heterocycles. The van der Waals surface area contributed by atoms with Crippen LogP contribution in [0.1, 0.15) is 26.3 Å². The van der Waals surface area contributed by atoms with Crippen LogP contribution in [0.15, 0.2) is 23.1 Å². The molecule has 1 rings (SSSR count). The Balaban J connectivity index is 3.21. The van der Waals surface area contributed by atoms with Crippen molar-refractivity contribution in [3.8, 4) is 0 Å². The summed E-state index contributed by atoms with van der Waals surface area (Å²) in [7, 11) is -3.75. The van der Waals surface area contributed by atoms with E-state index in [1.807, 2.05) is 13.8 Å². The maximum Gasteiger partial charge on any atom is 0.270 e. The van der Waals surface area contributed by atoms with E-state index in [1.165, 1.54) is 12.1 Å². The van der Waals surface area contributed by atoms with E-state index in [4.69, 9.17) is 0 Å². The first-order chi connectivity index (χ1) is 8.65. The molecule has 0 saturated heterocycles. The molecule has 0 amide bonds. The highest BCUT2D eigenvalue weighted by Crippen LogP contribution is 2.22. The number of hydrogen-bond acceptors (Lipinski definition) is 4. The highest BCUT2D eigenvalue weighted by Gasteiger charge is 2.23. The Bertz CT molecular complexity index is 581. The third-order valence-electron chi connectivity index (χ3n) is 3.01. The lowest BCUT2D eigenvalue weighted by Gasteiger charge is -2.18. The molecule has 0 spiro atoms. The van der Waals surface area contributed by atoms with Crippen molar-refractivity contribution in [1.82, 2.24) is 4.72 Å². The summed E-state index contributed by atoms with van der Waals surface area (Å²) in [5.41, 5.74) is 0.247. The largest absolute Gasteiger partial charge is 0.270 e. The van der Waals surface area contributed by atoms with Crippen LogP contribution in [0.25, 0.3) is 0 Å².